The first-order chi connectivity index (χ1) is 15.3. The second-order valence-corrected chi connectivity index (χ2v) is 15.1. The molecular formula is C30H46O3. The predicted molar refractivity (Wildman–Crippen MR) is 131 cm³/mol. The quantitative estimate of drug-likeness (QED) is 0.424. The van der Waals surface area contributed by atoms with Crippen molar-refractivity contribution < 1.29 is 14.6 Å². The van der Waals surface area contributed by atoms with E-state index in [1.807, 2.05) is 0 Å². The van der Waals surface area contributed by atoms with Crippen molar-refractivity contribution in [1.82, 2.24) is 0 Å². The number of aliphatic hydroxyl groups excluding tert-OH is 1. The van der Waals surface area contributed by atoms with Gasteiger partial charge >= 0.3 is 0 Å². The van der Waals surface area contributed by atoms with Crippen molar-refractivity contribution >= 4 is 5.78 Å². The maximum atomic E-state index is 13.6. The van der Waals surface area contributed by atoms with Crippen LogP contribution in [0.4, 0.5) is 0 Å². The van der Waals surface area contributed by atoms with Gasteiger partial charge in [0.1, 0.15) is 0 Å². The van der Waals surface area contributed by atoms with Crippen molar-refractivity contribution in [3.8, 4) is 0 Å². The minimum Gasteiger partial charge on any atom is -0.512 e. The molecule has 0 radical (unpaired) electrons. The van der Waals surface area contributed by atoms with Gasteiger partial charge in [0, 0.05) is 28.7 Å². The number of rotatable bonds is 0. The first kappa shape index (κ1) is 22.6. The number of carbonyl (C=O) groups is 1. The fraction of sp³-hybridized carbons (Fsp3) is 0.900. The van der Waals surface area contributed by atoms with Crippen LogP contribution >= 0.6 is 0 Å². The van der Waals surface area contributed by atoms with E-state index in [1.54, 1.807) is 6.08 Å². The molecule has 3 nitrogen and oxygen atoms in total. The van der Waals surface area contributed by atoms with E-state index in [-0.39, 0.29) is 33.9 Å². The summed E-state index contributed by atoms with van der Waals surface area (Å²) in [6.45, 7) is 16.3. The van der Waals surface area contributed by atoms with E-state index in [1.165, 1.54) is 44.9 Å². The summed E-state index contributed by atoms with van der Waals surface area (Å²) in [6, 6.07) is 0. The summed E-state index contributed by atoms with van der Waals surface area (Å²) in [5, 5.41) is 10.6. The van der Waals surface area contributed by atoms with Crippen molar-refractivity contribution in [1.29, 1.82) is 0 Å². The Kier molecular flexibility index (Phi) is 4.44. The molecule has 1 aliphatic heterocycles. The van der Waals surface area contributed by atoms with E-state index in [4.69, 9.17) is 4.74 Å². The average Bonchev–Trinajstić information content (AvgIpc) is 2.74. The number of hydrogen-bond acceptors (Lipinski definition) is 3. The molecule has 4 saturated carbocycles. The normalized spacial score (nSPS) is 57.2. The van der Waals surface area contributed by atoms with E-state index in [0.717, 1.165) is 32.0 Å². The summed E-state index contributed by atoms with van der Waals surface area (Å²) in [6.07, 6.45) is 12.9. The van der Waals surface area contributed by atoms with Crippen LogP contribution in [0.2, 0.25) is 0 Å². The lowest BCUT2D eigenvalue weighted by Crippen LogP contribution is -2.73. The highest BCUT2D eigenvalue weighted by Crippen LogP contribution is 2.79. The number of carbonyl (C=O) groups excluding carboxylic acids is 1. The second-order valence-electron chi connectivity index (χ2n) is 15.1. The van der Waals surface area contributed by atoms with Crippen LogP contribution in [0.25, 0.3) is 0 Å². The summed E-state index contributed by atoms with van der Waals surface area (Å²) in [5.41, 5.74) is 1.18. The van der Waals surface area contributed by atoms with Gasteiger partial charge in [0.2, 0.25) is 0 Å². The van der Waals surface area contributed by atoms with Gasteiger partial charge in [-0.2, -0.15) is 0 Å². The van der Waals surface area contributed by atoms with Crippen LogP contribution in [0.15, 0.2) is 11.8 Å². The molecule has 3 heteroatoms. The molecule has 0 aromatic heterocycles. The molecule has 184 valence electrons. The van der Waals surface area contributed by atoms with Gasteiger partial charge in [-0.3, -0.25) is 4.79 Å². The molecule has 6 rings (SSSR count). The third kappa shape index (κ3) is 2.54. The minimum absolute atomic E-state index is 0.00696. The number of hydrogen-bond donors (Lipinski definition) is 1. The topological polar surface area (TPSA) is 46.5 Å². The Hall–Kier alpha value is -0.830. The fourth-order valence-corrected chi connectivity index (χ4v) is 11.3. The second kappa shape index (κ2) is 6.48. The highest BCUT2D eigenvalue weighted by atomic mass is 16.5. The summed E-state index contributed by atoms with van der Waals surface area (Å²) >= 11 is 0. The lowest BCUT2D eigenvalue weighted by molar-refractivity contribution is -0.315. The van der Waals surface area contributed by atoms with Crippen molar-refractivity contribution in [3.05, 3.63) is 11.8 Å². The molecule has 5 fully saturated rings. The lowest BCUT2D eigenvalue weighted by atomic mass is 9.29. The highest BCUT2D eigenvalue weighted by molar-refractivity contribution is 5.94. The molecule has 9 atom stereocenters. The standard InChI is InChI=1S/C30H46O3/c1-19-20(31)15-21(32)24-27(19,5)8-7-22-29(24)13-12-28(6)23-16-25(2,3)9-10-26(23,4)11-14-30(22,28)18-33-17-29/h15,19,22-24,31H,7-14,16-18H2,1-6H3/t19-,22+,23-,24-,26+,27+,28-,29-,30-/m0/s1. The van der Waals surface area contributed by atoms with Crippen molar-refractivity contribution in [2.75, 3.05) is 13.2 Å². The molecule has 0 amide bonds. The smallest absolute Gasteiger partial charge is 0.163 e. The summed E-state index contributed by atoms with van der Waals surface area (Å²) in [5.74, 6) is 1.86. The number of ether oxygens (including phenoxy) is 1. The van der Waals surface area contributed by atoms with E-state index in [9.17, 15) is 9.90 Å². The molecule has 33 heavy (non-hydrogen) atoms. The van der Waals surface area contributed by atoms with Gasteiger partial charge < -0.3 is 9.84 Å². The molecule has 0 unspecified atom stereocenters. The molecule has 1 saturated heterocycles. The Morgan fingerprint density at radius 2 is 1.64 bits per heavy atom. The van der Waals surface area contributed by atoms with Gasteiger partial charge in [-0.05, 0) is 91.3 Å². The molecule has 1 N–H and O–H groups in total. The predicted octanol–water partition coefficient (Wildman–Crippen LogP) is 7.11. The van der Waals surface area contributed by atoms with Crippen LogP contribution in [0.1, 0.15) is 99.3 Å². The Labute approximate surface area is 201 Å². The monoisotopic (exact) mass is 454 g/mol. The van der Waals surface area contributed by atoms with Crippen LogP contribution in [0.5, 0.6) is 0 Å². The zero-order valence-corrected chi connectivity index (χ0v) is 21.9. The Bertz CT molecular complexity index is 920. The summed E-state index contributed by atoms with van der Waals surface area (Å²) in [4.78, 5) is 13.6. The van der Waals surface area contributed by atoms with Crippen LogP contribution < -0.4 is 0 Å². The van der Waals surface area contributed by atoms with Gasteiger partial charge in [-0.15, -0.1) is 0 Å². The van der Waals surface area contributed by atoms with Gasteiger partial charge in [0.25, 0.3) is 0 Å². The largest absolute Gasteiger partial charge is 0.512 e. The number of fused-ring (bicyclic) bond motifs is 3. The van der Waals surface area contributed by atoms with E-state index in [0.29, 0.717) is 27.9 Å². The van der Waals surface area contributed by atoms with Crippen molar-refractivity contribution in [3.63, 3.8) is 0 Å². The van der Waals surface area contributed by atoms with Crippen molar-refractivity contribution in [2.45, 2.75) is 99.3 Å². The van der Waals surface area contributed by atoms with E-state index < -0.39 is 0 Å². The Morgan fingerprint density at radius 1 is 0.909 bits per heavy atom. The number of aliphatic hydroxyl groups is 1. The maximum Gasteiger partial charge on any atom is 0.163 e. The first-order valence-electron chi connectivity index (χ1n) is 13.9. The molecule has 0 aromatic rings. The molecule has 1 heterocycles. The third-order valence-corrected chi connectivity index (χ3v) is 13.4. The molecular weight excluding hydrogens is 408 g/mol. The fourth-order valence-electron chi connectivity index (χ4n) is 11.3. The van der Waals surface area contributed by atoms with Gasteiger partial charge in [-0.1, -0.05) is 41.5 Å². The molecule has 1 spiro atoms. The Balaban J connectivity index is 1.47. The zero-order valence-electron chi connectivity index (χ0n) is 21.9. The maximum absolute atomic E-state index is 13.6. The van der Waals surface area contributed by atoms with Crippen LogP contribution in [0.3, 0.4) is 0 Å². The molecule has 0 aromatic carbocycles. The van der Waals surface area contributed by atoms with Crippen LogP contribution in [-0.4, -0.2) is 24.1 Å². The number of allylic oxidation sites excluding steroid dienone is 2. The third-order valence-electron chi connectivity index (χ3n) is 13.4. The molecule has 6 aliphatic rings. The highest BCUT2D eigenvalue weighted by Gasteiger charge is 2.75. The Morgan fingerprint density at radius 3 is 2.39 bits per heavy atom. The summed E-state index contributed by atoms with van der Waals surface area (Å²) < 4.78 is 6.66. The average molecular weight is 455 g/mol. The van der Waals surface area contributed by atoms with E-state index >= 15 is 0 Å². The van der Waals surface area contributed by atoms with Gasteiger partial charge in [-0.25, -0.2) is 0 Å². The molecule has 5 aliphatic carbocycles. The lowest BCUT2D eigenvalue weighted by Gasteiger charge is -2.76. The minimum atomic E-state index is -0.155. The van der Waals surface area contributed by atoms with E-state index in [2.05, 4.69) is 41.5 Å². The first-order valence-corrected chi connectivity index (χ1v) is 13.9. The zero-order chi connectivity index (χ0) is 23.7. The van der Waals surface area contributed by atoms with Crippen LogP contribution in [-0.2, 0) is 9.53 Å². The number of ketones is 1. The van der Waals surface area contributed by atoms with Crippen molar-refractivity contribution in [2.24, 2.45) is 56.2 Å². The summed E-state index contributed by atoms with van der Waals surface area (Å²) in [7, 11) is 0. The van der Waals surface area contributed by atoms with Gasteiger partial charge in [0.15, 0.2) is 5.78 Å². The van der Waals surface area contributed by atoms with Crippen LogP contribution in [0, 0.1) is 56.2 Å². The molecule has 2 bridgehead atoms. The SMILES string of the molecule is C[C@H]1C(O)=CC(=O)[C@H]2[C@]1(C)CC[C@@H]1[C@@]23CC[C@@]2(C)[C@H]4CC(C)(C)CC[C@]4(C)CC[C@]12COC3. The van der Waals surface area contributed by atoms with Gasteiger partial charge in [0.05, 0.1) is 19.0 Å².